The number of hydrogen-bond acceptors (Lipinski definition) is 5. The topological polar surface area (TPSA) is 71.5 Å². The summed E-state index contributed by atoms with van der Waals surface area (Å²) in [6.45, 7) is 4.08. The maximum Gasteiger partial charge on any atom is 0.208 e. The zero-order chi connectivity index (χ0) is 22.6. The fraction of sp³-hybridized carbons (Fsp3) is 0.560. The van der Waals surface area contributed by atoms with Gasteiger partial charge >= 0.3 is 0 Å². The predicted octanol–water partition coefficient (Wildman–Crippen LogP) is 3.88. The number of pyridine rings is 1. The molecule has 1 saturated carbocycles. The summed E-state index contributed by atoms with van der Waals surface area (Å²) in [5, 5.41) is 0. The average molecular weight is 458 g/mol. The minimum Gasteiger partial charge on any atom is -0.378 e. The Kier molecular flexibility index (Phi) is 7.48. The minimum atomic E-state index is -3.27. The quantitative estimate of drug-likeness (QED) is 0.683. The van der Waals surface area contributed by atoms with E-state index in [9.17, 15) is 8.42 Å². The van der Waals surface area contributed by atoms with Crippen LogP contribution in [0.25, 0.3) is 0 Å². The molecule has 174 valence electrons. The van der Waals surface area contributed by atoms with Gasteiger partial charge in [0, 0.05) is 30.7 Å². The lowest BCUT2D eigenvalue weighted by atomic mass is 9.82. The number of aromatic nitrogens is 1. The molecule has 2 aliphatic rings. The van der Waals surface area contributed by atoms with Crippen LogP contribution in [0, 0.1) is 12.8 Å². The van der Waals surface area contributed by atoms with Crippen LogP contribution in [0.1, 0.15) is 49.3 Å². The zero-order valence-electron chi connectivity index (χ0n) is 19.1. The molecule has 0 bridgehead atoms. The third-order valence-electron chi connectivity index (χ3n) is 6.79. The van der Waals surface area contributed by atoms with E-state index in [-0.39, 0.29) is 18.1 Å². The van der Waals surface area contributed by atoms with Crippen molar-refractivity contribution < 1.29 is 13.2 Å². The standard InChI is InChI=1S/C25H35N3O3S/c1-19-7-6-10-25(26-19)28-16-15-24(27-32(2,29)30)22(17-28)18-31-23-13-11-21(12-14-23)20-8-4-3-5-9-20/h3-10,21-24,27H,11-18H2,1-2H3/t21?,22-,23?,24-/m0/s1. The molecule has 2 atom stereocenters. The van der Waals surface area contributed by atoms with Crippen LogP contribution >= 0.6 is 0 Å². The summed E-state index contributed by atoms with van der Waals surface area (Å²) in [4.78, 5) is 6.92. The van der Waals surface area contributed by atoms with Crippen molar-refractivity contribution in [1.29, 1.82) is 0 Å². The van der Waals surface area contributed by atoms with E-state index in [1.165, 1.54) is 11.8 Å². The highest BCUT2D eigenvalue weighted by molar-refractivity contribution is 7.88. The van der Waals surface area contributed by atoms with E-state index in [1.54, 1.807) is 0 Å². The van der Waals surface area contributed by atoms with Crippen molar-refractivity contribution in [3.8, 4) is 0 Å². The third-order valence-corrected chi connectivity index (χ3v) is 7.52. The van der Waals surface area contributed by atoms with Gasteiger partial charge in [-0.25, -0.2) is 18.1 Å². The normalized spacial score (nSPS) is 26.8. The van der Waals surface area contributed by atoms with E-state index < -0.39 is 10.0 Å². The summed E-state index contributed by atoms with van der Waals surface area (Å²) >= 11 is 0. The zero-order valence-corrected chi connectivity index (χ0v) is 19.9. The molecule has 2 aromatic rings. The lowest BCUT2D eigenvalue weighted by Gasteiger charge is -2.40. The number of rotatable bonds is 7. The maximum absolute atomic E-state index is 11.9. The Morgan fingerprint density at radius 1 is 1.03 bits per heavy atom. The Bertz CT molecular complexity index is 975. The third kappa shape index (κ3) is 6.30. The van der Waals surface area contributed by atoms with Gasteiger partial charge < -0.3 is 9.64 Å². The van der Waals surface area contributed by atoms with E-state index in [2.05, 4.69) is 44.9 Å². The minimum absolute atomic E-state index is 0.0904. The van der Waals surface area contributed by atoms with Crippen molar-refractivity contribution in [3.63, 3.8) is 0 Å². The Labute approximate surface area is 192 Å². The highest BCUT2D eigenvalue weighted by atomic mass is 32.2. The first-order valence-electron chi connectivity index (χ1n) is 11.7. The Morgan fingerprint density at radius 3 is 2.47 bits per heavy atom. The molecule has 1 N–H and O–H groups in total. The molecule has 1 aromatic carbocycles. The molecule has 2 heterocycles. The molecular formula is C25H35N3O3S. The van der Waals surface area contributed by atoms with Gasteiger partial charge in [-0.05, 0) is 62.6 Å². The molecule has 2 fully saturated rings. The van der Waals surface area contributed by atoms with Crippen LogP contribution in [0.2, 0.25) is 0 Å². The summed E-state index contributed by atoms with van der Waals surface area (Å²) in [6.07, 6.45) is 6.63. The average Bonchev–Trinajstić information content (AvgIpc) is 2.78. The van der Waals surface area contributed by atoms with Crippen molar-refractivity contribution in [2.24, 2.45) is 5.92 Å². The van der Waals surface area contributed by atoms with E-state index in [4.69, 9.17) is 4.74 Å². The fourth-order valence-electron chi connectivity index (χ4n) is 5.09. The SMILES string of the molecule is Cc1cccc(N2CC[C@H](NS(C)(=O)=O)[C@H](COC3CCC(c4ccccc4)CC3)C2)n1. The second kappa shape index (κ2) is 10.3. The van der Waals surface area contributed by atoms with Crippen molar-refractivity contribution >= 4 is 15.8 Å². The monoisotopic (exact) mass is 457 g/mol. The van der Waals surface area contributed by atoms with E-state index in [0.29, 0.717) is 12.5 Å². The van der Waals surface area contributed by atoms with Gasteiger partial charge in [0.25, 0.3) is 0 Å². The number of sulfonamides is 1. The largest absolute Gasteiger partial charge is 0.378 e. The molecule has 32 heavy (non-hydrogen) atoms. The summed E-state index contributed by atoms with van der Waals surface area (Å²) in [6, 6.07) is 16.7. The first-order chi connectivity index (χ1) is 15.4. The van der Waals surface area contributed by atoms with Gasteiger partial charge in [0.05, 0.1) is 19.0 Å². The van der Waals surface area contributed by atoms with Crippen molar-refractivity contribution in [2.75, 3.05) is 30.9 Å². The van der Waals surface area contributed by atoms with Crippen LogP contribution in [0.4, 0.5) is 5.82 Å². The fourth-order valence-corrected chi connectivity index (χ4v) is 5.95. The van der Waals surface area contributed by atoms with E-state index >= 15 is 0 Å². The maximum atomic E-state index is 11.9. The number of piperidine rings is 1. The van der Waals surface area contributed by atoms with Crippen LogP contribution < -0.4 is 9.62 Å². The molecule has 7 heteroatoms. The van der Waals surface area contributed by atoms with Gasteiger partial charge in [0.2, 0.25) is 10.0 Å². The van der Waals surface area contributed by atoms with E-state index in [1.807, 2.05) is 25.1 Å². The second-order valence-electron chi connectivity index (χ2n) is 9.35. The van der Waals surface area contributed by atoms with Crippen molar-refractivity contribution in [1.82, 2.24) is 9.71 Å². The number of nitrogens with one attached hydrogen (secondary N) is 1. The van der Waals surface area contributed by atoms with Gasteiger partial charge in [-0.3, -0.25) is 0 Å². The molecule has 0 spiro atoms. The molecular weight excluding hydrogens is 422 g/mol. The Morgan fingerprint density at radius 2 is 1.78 bits per heavy atom. The van der Waals surface area contributed by atoms with Crippen LogP contribution in [0.15, 0.2) is 48.5 Å². The highest BCUT2D eigenvalue weighted by Crippen LogP contribution is 2.34. The Hall–Kier alpha value is -1.96. The predicted molar refractivity (Wildman–Crippen MR) is 128 cm³/mol. The first kappa shape index (κ1) is 23.2. The molecule has 0 unspecified atom stereocenters. The summed E-state index contributed by atoms with van der Waals surface area (Å²) in [5.41, 5.74) is 2.42. The van der Waals surface area contributed by atoms with Crippen LogP contribution in [0.3, 0.4) is 0 Å². The van der Waals surface area contributed by atoms with Gasteiger partial charge in [0.1, 0.15) is 5.82 Å². The van der Waals surface area contributed by atoms with Gasteiger partial charge in [-0.1, -0.05) is 36.4 Å². The van der Waals surface area contributed by atoms with Gasteiger partial charge in [-0.15, -0.1) is 0 Å². The van der Waals surface area contributed by atoms with Gasteiger partial charge in [0.15, 0.2) is 0 Å². The lowest BCUT2D eigenvalue weighted by Crippen LogP contribution is -2.52. The van der Waals surface area contributed by atoms with Crippen LogP contribution in [0.5, 0.6) is 0 Å². The molecule has 1 aliphatic heterocycles. The summed E-state index contributed by atoms with van der Waals surface area (Å²) in [5.74, 6) is 1.66. The summed E-state index contributed by atoms with van der Waals surface area (Å²) in [7, 11) is -3.27. The highest BCUT2D eigenvalue weighted by Gasteiger charge is 2.33. The number of hydrogen-bond donors (Lipinski definition) is 1. The number of nitrogens with zero attached hydrogens (tertiary/aromatic N) is 2. The summed E-state index contributed by atoms with van der Waals surface area (Å²) < 4.78 is 33.1. The number of ether oxygens (including phenoxy) is 1. The second-order valence-corrected chi connectivity index (χ2v) is 11.1. The molecule has 6 nitrogen and oxygen atoms in total. The molecule has 1 aliphatic carbocycles. The van der Waals surface area contributed by atoms with Crippen molar-refractivity contribution in [3.05, 3.63) is 59.8 Å². The molecule has 1 saturated heterocycles. The number of benzene rings is 1. The number of anilines is 1. The molecule has 1 aromatic heterocycles. The Balaban J connectivity index is 1.36. The van der Waals surface area contributed by atoms with Gasteiger partial charge in [-0.2, -0.15) is 0 Å². The first-order valence-corrected chi connectivity index (χ1v) is 13.6. The molecule has 4 rings (SSSR count). The molecule has 0 radical (unpaired) electrons. The van der Waals surface area contributed by atoms with E-state index in [0.717, 1.165) is 56.7 Å². The van der Waals surface area contributed by atoms with Crippen LogP contribution in [-0.2, 0) is 14.8 Å². The smallest absolute Gasteiger partial charge is 0.208 e. The number of aryl methyl sites for hydroxylation is 1. The van der Waals surface area contributed by atoms with Crippen LogP contribution in [-0.4, -0.2) is 51.5 Å². The van der Waals surface area contributed by atoms with Crippen molar-refractivity contribution in [2.45, 2.75) is 57.1 Å². The lowest BCUT2D eigenvalue weighted by molar-refractivity contribution is -0.00213. The molecule has 0 amide bonds.